The van der Waals surface area contributed by atoms with Crippen LogP contribution in [0.3, 0.4) is 0 Å². The minimum atomic E-state index is -3.87. The van der Waals surface area contributed by atoms with Crippen molar-refractivity contribution in [3.63, 3.8) is 0 Å². The molecule has 0 fully saturated rings. The number of hydrogen-bond donors (Lipinski definition) is 3. The zero-order valence-electron chi connectivity index (χ0n) is 12.1. The van der Waals surface area contributed by atoms with Gasteiger partial charge < -0.3 is 5.11 Å². The molecule has 0 heterocycles. The third kappa shape index (κ3) is 3.63. The van der Waals surface area contributed by atoms with E-state index in [1.165, 1.54) is 30.3 Å². The van der Waals surface area contributed by atoms with E-state index in [4.69, 9.17) is 0 Å². The summed E-state index contributed by atoms with van der Waals surface area (Å²) in [7, 11) is -3.87. The lowest BCUT2D eigenvalue weighted by Crippen LogP contribution is -2.41. The fraction of sp³-hybridized carbons (Fsp3) is 0.133. The Hall–Kier alpha value is -2.38. The molecule has 0 aliphatic heterocycles. The summed E-state index contributed by atoms with van der Waals surface area (Å²) in [6, 6.07) is 10.5. The first-order valence-corrected chi connectivity index (χ1v) is 7.96. The molecular formula is C15H16N2O4S. The maximum absolute atomic E-state index is 12.2. The minimum Gasteiger partial charge on any atom is -0.508 e. The Labute approximate surface area is 128 Å². The van der Waals surface area contributed by atoms with Gasteiger partial charge in [-0.15, -0.1) is 4.83 Å². The number of aryl methyl sites for hydroxylation is 2. The number of benzene rings is 2. The molecule has 7 heteroatoms. The maximum Gasteiger partial charge on any atom is 0.266 e. The number of amides is 1. The Balaban J connectivity index is 2.14. The predicted molar refractivity (Wildman–Crippen MR) is 81.8 cm³/mol. The molecule has 0 saturated heterocycles. The van der Waals surface area contributed by atoms with Crippen LogP contribution in [0.2, 0.25) is 0 Å². The summed E-state index contributed by atoms with van der Waals surface area (Å²) in [4.78, 5) is 14.0. The van der Waals surface area contributed by atoms with Gasteiger partial charge in [-0.05, 0) is 43.7 Å². The third-order valence-corrected chi connectivity index (χ3v) is 4.44. The fourth-order valence-corrected chi connectivity index (χ4v) is 3.06. The van der Waals surface area contributed by atoms with Gasteiger partial charge in [-0.3, -0.25) is 10.2 Å². The monoisotopic (exact) mass is 320 g/mol. The summed E-state index contributed by atoms with van der Waals surface area (Å²) >= 11 is 0. The summed E-state index contributed by atoms with van der Waals surface area (Å²) in [5, 5.41) is 9.31. The first-order valence-electron chi connectivity index (χ1n) is 6.48. The lowest BCUT2D eigenvalue weighted by atomic mass is 10.2. The fourth-order valence-electron chi connectivity index (χ4n) is 1.99. The van der Waals surface area contributed by atoms with Crippen LogP contribution in [0, 0.1) is 13.8 Å². The molecule has 0 aliphatic rings. The van der Waals surface area contributed by atoms with Crippen molar-refractivity contribution in [2.45, 2.75) is 18.7 Å². The molecule has 2 aromatic carbocycles. The van der Waals surface area contributed by atoms with Crippen molar-refractivity contribution in [3.8, 4) is 5.75 Å². The van der Waals surface area contributed by atoms with E-state index < -0.39 is 15.9 Å². The molecule has 0 aromatic heterocycles. The van der Waals surface area contributed by atoms with Crippen molar-refractivity contribution >= 4 is 15.9 Å². The molecule has 116 valence electrons. The zero-order valence-corrected chi connectivity index (χ0v) is 12.9. The Bertz CT molecular complexity index is 816. The van der Waals surface area contributed by atoms with Gasteiger partial charge in [0.15, 0.2) is 0 Å². The number of sulfonamides is 1. The molecule has 0 unspecified atom stereocenters. The van der Waals surface area contributed by atoms with Crippen LogP contribution in [-0.4, -0.2) is 19.4 Å². The topological polar surface area (TPSA) is 95.5 Å². The van der Waals surface area contributed by atoms with Crippen molar-refractivity contribution in [1.82, 2.24) is 10.3 Å². The number of phenols is 1. The largest absolute Gasteiger partial charge is 0.508 e. The molecule has 0 spiro atoms. The summed E-state index contributed by atoms with van der Waals surface area (Å²) in [5.41, 5.74) is 3.79. The minimum absolute atomic E-state index is 0.0788. The van der Waals surface area contributed by atoms with Gasteiger partial charge in [0.2, 0.25) is 0 Å². The second-order valence-electron chi connectivity index (χ2n) is 4.88. The van der Waals surface area contributed by atoms with Crippen LogP contribution in [0.5, 0.6) is 5.75 Å². The molecule has 6 nitrogen and oxygen atoms in total. The lowest BCUT2D eigenvalue weighted by molar-refractivity contribution is 0.0944. The molecule has 1 amide bonds. The Morgan fingerprint density at radius 1 is 1.09 bits per heavy atom. The molecule has 3 N–H and O–H groups in total. The molecule has 0 saturated carbocycles. The Kier molecular flexibility index (Phi) is 4.48. The van der Waals surface area contributed by atoms with E-state index in [-0.39, 0.29) is 16.2 Å². The molecule has 0 bridgehead atoms. The van der Waals surface area contributed by atoms with E-state index in [0.717, 1.165) is 5.56 Å². The number of carbonyl (C=O) groups is 1. The second kappa shape index (κ2) is 6.17. The van der Waals surface area contributed by atoms with Crippen molar-refractivity contribution in [2.75, 3.05) is 0 Å². The molecule has 0 radical (unpaired) electrons. The van der Waals surface area contributed by atoms with Gasteiger partial charge in [-0.2, -0.15) is 0 Å². The second-order valence-corrected chi connectivity index (χ2v) is 6.53. The van der Waals surface area contributed by atoms with E-state index >= 15 is 0 Å². The van der Waals surface area contributed by atoms with Gasteiger partial charge in [0.05, 0.1) is 4.90 Å². The van der Waals surface area contributed by atoms with Gasteiger partial charge >= 0.3 is 0 Å². The van der Waals surface area contributed by atoms with Gasteiger partial charge in [-0.1, -0.05) is 23.8 Å². The number of carbonyl (C=O) groups excluding carboxylic acids is 1. The highest BCUT2D eigenvalue weighted by Gasteiger charge is 2.18. The van der Waals surface area contributed by atoms with Crippen LogP contribution in [0.15, 0.2) is 47.4 Å². The number of hydrogen-bond acceptors (Lipinski definition) is 4. The number of phenolic OH excluding ortho intramolecular Hbond substituents is 1. The molecule has 2 rings (SSSR count). The van der Waals surface area contributed by atoms with E-state index in [1.807, 2.05) is 11.8 Å². The van der Waals surface area contributed by atoms with Crippen molar-refractivity contribution in [3.05, 3.63) is 59.2 Å². The number of nitrogens with one attached hydrogen (secondary N) is 2. The van der Waals surface area contributed by atoms with Crippen molar-refractivity contribution in [1.29, 1.82) is 0 Å². The van der Waals surface area contributed by atoms with Crippen LogP contribution < -0.4 is 10.3 Å². The van der Waals surface area contributed by atoms with Gasteiger partial charge in [0, 0.05) is 5.56 Å². The van der Waals surface area contributed by atoms with Crippen molar-refractivity contribution in [2.24, 2.45) is 0 Å². The van der Waals surface area contributed by atoms with E-state index in [2.05, 4.69) is 5.43 Å². The van der Waals surface area contributed by atoms with Crippen LogP contribution in [0.4, 0.5) is 0 Å². The van der Waals surface area contributed by atoms with E-state index in [9.17, 15) is 18.3 Å². The highest BCUT2D eigenvalue weighted by atomic mass is 32.2. The summed E-state index contributed by atoms with van der Waals surface area (Å²) in [5.74, 6) is -0.742. The quantitative estimate of drug-likeness (QED) is 0.746. The van der Waals surface area contributed by atoms with Crippen LogP contribution >= 0.6 is 0 Å². The van der Waals surface area contributed by atoms with Crippen LogP contribution in [0.25, 0.3) is 0 Å². The lowest BCUT2D eigenvalue weighted by Gasteiger charge is -2.11. The normalized spacial score (nSPS) is 11.2. The highest BCUT2D eigenvalue weighted by molar-refractivity contribution is 7.89. The summed E-state index contributed by atoms with van der Waals surface area (Å²) < 4.78 is 24.4. The maximum atomic E-state index is 12.2. The number of hydrazine groups is 1. The van der Waals surface area contributed by atoms with E-state index in [0.29, 0.717) is 5.56 Å². The summed E-state index contributed by atoms with van der Waals surface area (Å²) in [6.45, 7) is 3.54. The Morgan fingerprint density at radius 2 is 1.82 bits per heavy atom. The smallest absolute Gasteiger partial charge is 0.266 e. The molecule has 0 aliphatic carbocycles. The molecule has 22 heavy (non-hydrogen) atoms. The van der Waals surface area contributed by atoms with Gasteiger partial charge in [0.25, 0.3) is 15.9 Å². The van der Waals surface area contributed by atoms with Gasteiger partial charge in [-0.25, -0.2) is 8.42 Å². The highest BCUT2D eigenvalue weighted by Crippen LogP contribution is 2.16. The van der Waals surface area contributed by atoms with E-state index in [1.54, 1.807) is 19.1 Å². The SMILES string of the molecule is Cc1ccc(S(=O)(=O)NNC(=O)c2cccc(O)c2)c(C)c1. The van der Waals surface area contributed by atoms with Crippen LogP contribution in [0.1, 0.15) is 21.5 Å². The van der Waals surface area contributed by atoms with Gasteiger partial charge in [0.1, 0.15) is 5.75 Å². The average Bonchev–Trinajstić information content (AvgIpc) is 2.44. The zero-order chi connectivity index (χ0) is 16.3. The average molecular weight is 320 g/mol. The third-order valence-electron chi connectivity index (χ3n) is 3.03. The number of rotatable bonds is 4. The van der Waals surface area contributed by atoms with Crippen LogP contribution in [-0.2, 0) is 10.0 Å². The Morgan fingerprint density at radius 3 is 2.45 bits per heavy atom. The first kappa shape index (κ1) is 16.0. The number of aromatic hydroxyl groups is 1. The molecule has 2 aromatic rings. The predicted octanol–water partition coefficient (Wildman–Crippen LogP) is 1.63. The molecule has 0 atom stereocenters. The summed E-state index contributed by atoms with van der Waals surface area (Å²) in [6.07, 6.45) is 0. The standard InChI is InChI=1S/C15H16N2O4S/c1-10-6-7-14(11(2)8-10)22(20,21)17-16-15(19)12-4-3-5-13(18)9-12/h3-9,17-18H,1-2H3,(H,16,19). The van der Waals surface area contributed by atoms with Crippen molar-refractivity contribution < 1.29 is 18.3 Å². The molecular weight excluding hydrogens is 304 g/mol. The first-order chi connectivity index (χ1) is 10.3.